The second-order valence-corrected chi connectivity index (χ2v) is 9.02. The lowest BCUT2D eigenvalue weighted by molar-refractivity contribution is 0.0894. The van der Waals surface area contributed by atoms with Gasteiger partial charge in [0.1, 0.15) is 20.0 Å². The van der Waals surface area contributed by atoms with Crippen LogP contribution in [-0.4, -0.2) is 49.8 Å². The molecule has 1 heterocycles. The minimum atomic E-state index is -4.82. The van der Waals surface area contributed by atoms with Crippen molar-refractivity contribution in [3.63, 3.8) is 0 Å². The highest BCUT2D eigenvalue weighted by atomic mass is 31.3. The maximum absolute atomic E-state index is 10.3. The van der Waals surface area contributed by atoms with Gasteiger partial charge in [-0.2, -0.15) is 14.7 Å². The molecule has 19 heavy (non-hydrogen) atoms. The maximum Gasteiger partial charge on any atom is 0.447 e. The summed E-state index contributed by atoms with van der Waals surface area (Å²) in [5.41, 5.74) is 0. The fourth-order valence-electron chi connectivity index (χ4n) is 1.45. The first-order chi connectivity index (χ1) is 8.54. The van der Waals surface area contributed by atoms with Gasteiger partial charge in [0.2, 0.25) is 0 Å². The average molecular weight is 313 g/mol. The summed E-state index contributed by atoms with van der Waals surface area (Å²) < 4.78 is 1.27. The molecule has 1 rings (SSSR count). The number of hydrogen-bond acceptors (Lipinski definition) is 7. The molecule has 1 aromatic heterocycles. The van der Waals surface area contributed by atoms with Crippen molar-refractivity contribution < 1.29 is 29.8 Å². The van der Waals surface area contributed by atoms with Gasteiger partial charge < -0.3 is 19.7 Å². The first-order valence-electron chi connectivity index (χ1n) is 5.51. The van der Waals surface area contributed by atoms with Crippen molar-refractivity contribution in [1.29, 1.82) is 0 Å². The molecule has 0 bridgehead atoms. The van der Waals surface area contributed by atoms with Gasteiger partial charge in [-0.3, -0.25) is 0 Å². The molecule has 10 heteroatoms. The standard InChI is InChI=1S/C9H19N2O6P2/c1-3-8(2,12)18(14)9(13,19(15,16)17)6-11-5-4-10-7-11/h4-5,7,12-17H,3,6H2,1-2H3/q+1/t8-,9?,18+/m0/s1. The largest absolute Gasteiger partial charge is 0.447 e. The fraction of sp³-hybridized carbons (Fsp3) is 0.667. The van der Waals surface area contributed by atoms with Crippen LogP contribution in [0.2, 0.25) is 0 Å². The number of hydrogen-bond donors (Lipinski definition) is 6. The van der Waals surface area contributed by atoms with E-state index in [2.05, 4.69) is 4.98 Å². The number of aromatic nitrogens is 2. The summed E-state index contributed by atoms with van der Waals surface area (Å²) in [5, 5.41) is 16.0. The van der Waals surface area contributed by atoms with Crippen molar-refractivity contribution in [2.24, 2.45) is 0 Å². The van der Waals surface area contributed by atoms with E-state index in [4.69, 9.17) is 0 Å². The summed E-state index contributed by atoms with van der Waals surface area (Å²) in [6.07, 6.45) is 4.17. The van der Waals surface area contributed by atoms with Gasteiger partial charge >= 0.3 is 13.0 Å². The van der Waals surface area contributed by atoms with Crippen LogP contribution in [0.15, 0.2) is 18.7 Å². The van der Waals surface area contributed by atoms with Crippen molar-refractivity contribution in [1.82, 2.24) is 9.55 Å². The molecular formula is C9H19N2O6P2+. The number of nitrogens with zero attached hydrogens (tertiary/aromatic N) is 2. The summed E-state index contributed by atoms with van der Waals surface area (Å²) in [5.74, 6) is 0. The summed E-state index contributed by atoms with van der Waals surface area (Å²) >= 11 is 0. The van der Waals surface area contributed by atoms with Crippen molar-refractivity contribution >= 4 is 16.1 Å². The van der Waals surface area contributed by atoms with E-state index in [1.165, 1.54) is 30.2 Å². The van der Waals surface area contributed by atoms with Crippen molar-refractivity contribution in [2.45, 2.75) is 37.2 Å². The molecule has 0 spiro atoms. The summed E-state index contributed by atoms with van der Waals surface area (Å²) in [6.45, 7) is 2.32. The minimum absolute atomic E-state index is 0.0709. The molecule has 1 unspecified atom stereocenters. The maximum atomic E-state index is 10.3. The van der Waals surface area contributed by atoms with E-state index in [0.29, 0.717) is 0 Å². The summed E-state index contributed by atoms with van der Waals surface area (Å²) in [6, 6.07) is 0. The number of imidazole rings is 1. The first kappa shape index (κ1) is 16.9. The lowest BCUT2D eigenvalue weighted by Crippen LogP contribution is -2.41. The van der Waals surface area contributed by atoms with Crippen LogP contribution < -0.4 is 0 Å². The van der Waals surface area contributed by atoms with Crippen LogP contribution in [0.1, 0.15) is 20.3 Å². The Bertz CT molecular complexity index is 407. The Labute approximate surface area is 112 Å². The first-order valence-corrected chi connectivity index (χ1v) is 8.46. The molecule has 110 valence electrons. The second-order valence-electron chi connectivity index (χ2n) is 4.46. The highest BCUT2D eigenvalue weighted by Crippen LogP contribution is 2.74. The van der Waals surface area contributed by atoms with E-state index in [1.54, 1.807) is 6.92 Å². The third-order valence-electron chi connectivity index (χ3n) is 2.90. The van der Waals surface area contributed by atoms with Gasteiger partial charge in [0.15, 0.2) is 0 Å². The minimum Gasteiger partial charge on any atom is -0.383 e. The van der Waals surface area contributed by atoms with Crippen LogP contribution in [0.3, 0.4) is 0 Å². The van der Waals surface area contributed by atoms with Gasteiger partial charge in [-0.05, 0) is 13.3 Å². The smallest absolute Gasteiger partial charge is 0.383 e. The molecule has 0 amide bonds. The normalized spacial score (nSPS) is 20.6. The molecule has 0 aliphatic heterocycles. The quantitative estimate of drug-likeness (QED) is 0.399. The zero-order chi connectivity index (χ0) is 14.9. The van der Waals surface area contributed by atoms with E-state index in [-0.39, 0.29) is 6.42 Å². The third kappa shape index (κ3) is 3.48. The Morgan fingerprint density at radius 3 is 2.26 bits per heavy atom. The van der Waals surface area contributed by atoms with E-state index < -0.39 is 33.1 Å². The predicted molar refractivity (Wildman–Crippen MR) is 70.8 cm³/mol. The molecule has 0 saturated carbocycles. The van der Waals surface area contributed by atoms with Gasteiger partial charge in [0.05, 0.1) is 6.33 Å². The Kier molecular flexibility index (Phi) is 5.04. The Morgan fingerprint density at radius 2 is 1.89 bits per heavy atom. The number of aliphatic hydroxyl groups is 2. The molecule has 0 saturated heterocycles. The average Bonchev–Trinajstić information content (AvgIpc) is 2.79. The van der Waals surface area contributed by atoms with Crippen LogP contribution in [0, 0.1) is 0 Å². The van der Waals surface area contributed by atoms with Crippen LogP contribution in [0.4, 0.5) is 0 Å². The van der Waals surface area contributed by atoms with Crippen LogP contribution >= 0.6 is 16.1 Å². The van der Waals surface area contributed by atoms with Gasteiger partial charge in [-0.15, -0.1) is 0 Å². The summed E-state index contributed by atoms with van der Waals surface area (Å²) in [7, 11) is -7.52. The molecule has 6 N–H and O–H groups in total. The second kappa shape index (κ2) is 5.68. The van der Waals surface area contributed by atoms with Crippen molar-refractivity contribution in [3.8, 4) is 0 Å². The SMILES string of the molecule is CC[C@@](C)(O)[P@@](O)C(O)(Cn1ccnc1)[P+](O)(O)O. The molecular weight excluding hydrogens is 294 g/mol. The van der Waals surface area contributed by atoms with E-state index >= 15 is 0 Å². The molecule has 0 aliphatic rings. The van der Waals surface area contributed by atoms with E-state index in [9.17, 15) is 29.8 Å². The van der Waals surface area contributed by atoms with Crippen molar-refractivity contribution in [3.05, 3.63) is 18.7 Å². The van der Waals surface area contributed by atoms with Crippen molar-refractivity contribution in [2.75, 3.05) is 0 Å². The monoisotopic (exact) mass is 313 g/mol. The van der Waals surface area contributed by atoms with Crippen LogP contribution in [0.5, 0.6) is 0 Å². The van der Waals surface area contributed by atoms with E-state index in [0.717, 1.165) is 0 Å². The third-order valence-corrected chi connectivity index (χ3v) is 7.42. The topological polar surface area (TPSA) is 139 Å². The van der Waals surface area contributed by atoms with Gasteiger partial charge in [-0.25, -0.2) is 4.98 Å². The predicted octanol–water partition coefficient (Wildman–Crippen LogP) is -0.224. The molecule has 8 nitrogen and oxygen atoms in total. The Hall–Kier alpha value is -0.170. The molecule has 1 aromatic rings. The molecule has 0 radical (unpaired) electrons. The molecule has 0 aromatic carbocycles. The highest BCUT2D eigenvalue weighted by Gasteiger charge is 2.67. The van der Waals surface area contributed by atoms with Gasteiger partial charge in [0, 0.05) is 12.4 Å². The Balaban J connectivity index is 3.14. The number of rotatable bonds is 6. The highest BCUT2D eigenvalue weighted by molar-refractivity contribution is 7.75. The lowest BCUT2D eigenvalue weighted by atomic mass is 10.3. The Morgan fingerprint density at radius 1 is 1.32 bits per heavy atom. The van der Waals surface area contributed by atoms with E-state index in [1.807, 2.05) is 0 Å². The molecule has 0 aliphatic carbocycles. The zero-order valence-corrected chi connectivity index (χ0v) is 12.4. The molecule has 3 atom stereocenters. The van der Waals surface area contributed by atoms with Gasteiger partial charge in [0.25, 0.3) is 0 Å². The lowest BCUT2D eigenvalue weighted by Gasteiger charge is -2.37. The fourth-order valence-corrected chi connectivity index (χ4v) is 4.83. The summed E-state index contributed by atoms with van der Waals surface area (Å²) in [4.78, 5) is 42.2. The van der Waals surface area contributed by atoms with Crippen LogP contribution in [-0.2, 0) is 6.54 Å². The van der Waals surface area contributed by atoms with Crippen LogP contribution in [0.25, 0.3) is 0 Å². The zero-order valence-electron chi connectivity index (χ0n) is 10.6. The molecule has 0 fully saturated rings. The van der Waals surface area contributed by atoms with Gasteiger partial charge in [-0.1, -0.05) is 6.92 Å².